The Balaban J connectivity index is 1.62. The molecule has 0 fully saturated rings. The van der Waals surface area contributed by atoms with Gasteiger partial charge in [0.15, 0.2) is 0 Å². The molecule has 2 rings (SSSR count). The Labute approximate surface area is 145 Å². The minimum Gasteiger partial charge on any atom is -0.354 e. The molecule has 0 aliphatic rings. The number of benzene rings is 1. The molecule has 0 radical (unpaired) electrons. The summed E-state index contributed by atoms with van der Waals surface area (Å²) in [7, 11) is 0. The highest BCUT2D eigenvalue weighted by Gasteiger charge is 2.13. The molecule has 2 nitrogen and oxygen atoms in total. The Hall–Kier alpha value is -0.910. The Morgan fingerprint density at radius 3 is 2.73 bits per heavy atom. The number of amides is 1. The largest absolute Gasteiger partial charge is 0.354 e. The van der Waals surface area contributed by atoms with Crippen molar-refractivity contribution >= 4 is 40.8 Å². The first kappa shape index (κ1) is 17.4. The molecule has 0 aliphatic carbocycles. The molecule has 1 aromatic heterocycles. The van der Waals surface area contributed by atoms with Crippen LogP contribution in [0, 0.1) is 6.92 Å². The molecule has 1 aromatic carbocycles. The van der Waals surface area contributed by atoms with Crippen molar-refractivity contribution in [3.63, 3.8) is 0 Å². The van der Waals surface area contributed by atoms with E-state index in [0.717, 1.165) is 22.9 Å². The SMILES string of the molecule is Cc1ccc(SC(C)C(=O)NCCSCc2ccsc2)cc1. The summed E-state index contributed by atoms with van der Waals surface area (Å²) >= 11 is 5.19. The molecular formula is C17H21NOS3. The van der Waals surface area contributed by atoms with Crippen LogP contribution in [-0.4, -0.2) is 23.5 Å². The molecule has 1 heterocycles. The smallest absolute Gasteiger partial charge is 0.233 e. The van der Waals surface area contributed by atoms with E-state index in [-0.39, 0.29) is 11.2 Å². The van der Waals surface area contributed by atoms with Gasteiger partial charge in [0.2, 0.25) is 5.91 Å². The van der Waals surface area contributed by atoms with E-state index in [1.165, 1.54) is 11.1 Å². The lowest BCUT2D eigenvalue weighted by Crippen LogP contribution is -2.32. The Kier molecular flexibility index (Phi) is 7.36. The van der Waals surface area contributed by atoms with Gasteiger partial charge in [-0.05, 0) is 48.4 Å². The topological polar surface area (TPSA) is 29.1 Å². The molecule has 1 atom stereocenters. The number of carbonyl (C=O) groups is 1. The Morgan fingerprint density at radius 1 is 1.27 bits per heavy atom. The second kappa shape index (κ2) is 9.28. The first-order chi connectivity index (χ1) is 10.6. The van der Waals surface area contributed by atoms with E-state index in [4.69, 9.17) is 0 Å². The maximum Gasteiger partial charge on any atom is 0.233 e. The average molecular weight is 352 g/mol. The molecule has 1 N–H and O–H groups in total. The molecule has 1 amide bonds. The highest BCUT2D eigenvalue weighted by Crippen LogP contribution is 2.23. The zero-order chi connectivity index (χ0) is 15.8. The van der Waals surface area contributed by atoms with Gasteiger partial charge in [0, 0.05) is 22.9 Å². The van der Waals surface area contributed by atoms with Gasteiger partial charge < -0.3 is 5.32 Å². The summed E-state index contributed by atoms with van der Waals surface area (Å²) in [6, 6.07) is 10.4. The van der Waals surface area contributed by atoms with Crippen LogP contribution in [0.3, 0.4) is 0 Å². The summed E-state index contributed by atoms with van der Waals surface area (Å²) in [5.41, 5.74) is 2.61. The van der Waals surface area contributed by atoms with Crippen molar-refractivity contribution in [3.05, 3.63) is 52.2 Å². The third kappa shape index (κ3) is 6.07. The number of nitrogens with one attached hydrogen (secondary N) is 1. The molecule has 0 spiro atoms. The summed E-state index contributed by atoms with van der Waals surface area (Å²) in [4.78, 5) is 13.2. The normalized spacial score (nSPS) is 12.1. The van der Waals surface area contributed by atoms with Gasteiger partial charge in [0.05, 0.1) is 5.25 Å². The summed E-state index contributed by atoms with van der Waals surface area (Å²) in [6.07, 6.45) is 0. The van der Waals surface area contributed by atoms with E-state index in [1.807, 2.05) is 18.7 Å². The molecule has 0 bridgehead atoms. The number of aryl methyl sites for hydroxylation is 1. The molecule has 0 aliphatic heterocycles. The predicted molar refractivity (Wildman–Crippen MR) is 100.0 cm³/mol. The minimum absolute atomic E-state index is 0.0652. The molecule has 0 saturated heterocycles. The highest BCUT2D eigenvalue weighted by atomic mass is 32.2. The number of hydrogen-bond donors (Lipinski definition) is 1. The van der Waals surface area contributed by atoms with Crippen LogP contribution in [0.15, 0.2) is 46.0 Å². The van der Waals surface area contributed by atoms with E-state index < -0.39 is 0 Å². The van der Waals surface area contributed by atoms with Crippen molar-refractivity contribution in [1.29, 1.82) is 0 Å². The maximum absolute atomic E-state index is 12.1. The lowest BCUT2D eigenvalue weighted by molar-refractivity contribution is -0.120. The van der Waals surface area contributed by atoms with Crippen molar-refractivity contribution in [2.24, 2.45) is 0 Å². The Morgan fingerprint density at radius 2 is 2.05 bits per heavy atom. The van der Waals surface area contributed by atoms with Gasteiger partial charge in [-0.3, -0.25) is 4.79 Å². The number of rotatable bonds is 8. The molecular weight excluding hydrogens is 330 g/mol. The molecule has 118 valence electrons. The van der Waals surface area contributed by atoms with Crippen LogP contribution in [0.1, 0.15) is 18.1 Å². The summed E-state index contributed by atoms with van der Waals surface area (Å²) in [5.74, 6) is 2.08. The van der Waals surface area contributed by atoms with Crippen LogP contribution < -0.4 is 5.32 Å². The molecule has 0 saturated carbocycles. The van der Waals surface area contributed by atoms with Crippen LogP contribution in [-0.2, 0) is 10.5 Å². The highest BCUT2D eigenvalue weighted by molar-refractivity contribution is 8.00. The summed E-state index contributed by atoms with van der Waals surface area (Å²) in [6.45, 7) is 4.75. The number of carbonyl (C=O) groups excluding carboxylic acids is 1. The fourth-order valence-electron chi connectivity index (χ4n) is 1.83. The van der Waals surface area contributed by atoms with Crippen molar-refractivity contribution < 1.29 is 4.79 Å². The molecule has 22 heavy (non-hydrogen) atoms. The van der Waals surface area contributed by atoms with E-state index in [2.05, 4.69) is 53.3 Å². The predicted octanol–water partition coefficient (Wildman–Crippen LogP) is 4.59. The molecule has 5 heteroatoms. The van der Waals surface area contributed by atoms with Gasteiger partial charge in [-0.2, -0.15) is 23.1 Å². The second-order valence-corrected chi connectivity index (χ2v) is 8.35. The van der Waals surface area contributed by atoms with E-state index in [9.17, 15) is 4.79 Å². The lowest BCUT2D eigenvalue weighted by atomic mass is 10.2. The fourth-order valence-corrected chi connectivity index (χ4v) is 4.30. The number of thiophene rings is 1. The zero-order valence-corrected chi connectivity index (χ0v) is 15.3. The molecule has 1 unspecified atom stereocenters. The first-order valence-corrected chi connectivity index (χ1v) is 10.2. The average Bonchev–Trinajstić information content (AvgIpc) is 3.02. The fraction of sp³-hybridized carbons (Fsp3) is 0.353. The lowest BCUT2D eigenvalue weighted by Gasteiger charge is -2.12. The standard InChI is InChI=1S/C17H21NOS3/c1-13-3-5-16(6-4-13)22-14(2)17(19)18-8-10-21-12-15-7-9-20-11-15/h3-7,9,11,14H,8,10,12H2,1-2H3,(H,18,19). The van der Waals surface area contributed by atoms with Gasteiger partial charge in [-0.15, -0.1) is 11.8 Å². The van der Waals surface area contributed by atoms with Crippen molar-refractivity contribution in [1.82, 2.24) is 5.32 Å². The van der Waals surface area contributed by atoms with E-state index in [0.29, 0.717) is 0 Å². The quantitative estimate of drug-likeness (QED) is 0.557. The van der Waals surface area contributed by atoms with Crippen molar-refractivity contribution in [2.45, 2.75) is 29.7 Å². The van der Waals surface area contributed by atoms with Crippen molar-refractivity contribution in [3.8, 4) is 0 Å². The van der Waals surface area contributed by atoms with Crippen LogP contribution in [0.5, 0.6) is 0 Å². The maximum atomic E-state index is 12.1. The third-order valence-electron chi connectivity index (χ3n) is 3.10. The van der Waals surface area contributed by atoms with Gasteiger partial charge in [0.25, 0.3) is 0 Å². The van der Waals surface area contributed by atoms with Crippen LogP contribution in [0.25, 0.3) is 0 Å². The van der Waals surface area contributed by atoms with E-state index in [1.54, 1.807) is 23.1 Å². The van der Waals surface area contributed by atoms with Crippen LogP contribution >= 0.6 is 34.9 Å². The first-order valence-electron chi connectivity index (χ1n) is 7.25. The summed E-state index contributed by atoms with van der Waals surface area (Å²) < 4.78 is 0. The van der Waals surface area contributed by atoms with Crippen molar-refractivity contribution in [2.75, 3.05) is 12.3 Å². The van der Waals surface area contributed by atoms with Crippen LogP contribution in [0.4, 0.5) is 0 Å². The minimum atomic E-state index is -0.0652. The van der Waals surface area contributed by atoms with E-state index >= 15 is 0 Å². The van der Waals surface area contributed by atoms with Gasteiger partial charge >= 0.3 is 0 Å². The molecule has 2 aromatic rings. The third-order valence-corrected chi connectivity index (χ3v) is 5.97. The number of hydrogen-bond acceptors (Lipinski definition) is 4. The van der Waals surface area contributed by atoms with Crippen LogP contribution in [0.2, 0.25) is 0 Å². The van der Waals surface area contributed by atoms with Gasteiger partial charge in [0.1, 0.15) is 0 Å². The zero-order valence-electron chi connectivity index (χ0n) is 12.9. The van der Waals surface area contributed by atoms with Gasteiger partial charge in [-0.25, -0.2) is 0 Å². The number of thioether (sulfide) groups is 2. The van der Waals surface area contributed by atoms with Gasteiger partial charge in [-0.1, -0.05) is 17.7 Å². The Bertz CT molecular complexity index is 566. The second-order valence-electron chi connectivity index (χ2n) is 5.05. The monoisotopic (exact) mass is 351 g/mol. The summed E-state index contributed by atoms with van der Waals surface area (Å²) in [5, 5.41) is 7.22.